The molecule has 0 amide bonds. The van der Waals surface area contributed by atoms with Crippen LogP contribution in [0.15, 0.2) is 195 Å². The van der Waals surface area contributed by atoms with Gasteiger partial charge in [-0.05, 0) is 117 Å². The van der Waals surface area contributed by atoms with E-state index in [2.05, 4.69) is 183 Å². The zero-order valence-electron chi connectivity index (χ0n) is 30.8. The van der Waals surface area contributed by atoms with Crippen LogP contribution in [0.2, 0.25) is 0 Å². The molecule has 56 heavy (non-hydrogen) atoms. The minimum absolute atomic E-state index is 0.903. The van der Waals surface area contributed by atoms with E-state index in [9.17, 15) is 0 Å². The van der Waals surface area contributed by atoms with Gasteiger partial charge in [0.25, 0.3) is 0 Å². The van der Waals surface area contributed by atoms with Crippen molar-refractivity contribution >= 4 is 45.3 Å². The van der Waals surface area contributed by atoms with Gasteiger partial charge < -0.3 is 0 Å². The summed E-state index contributed by atoms with van der Waals surface area (Å²) in [4.78, 5) is 10.3. The van der Waals surface area contributed by atoms with E-state index in [4.69, 9.17) is 0 Å². The Hall–Kier alpha value is -5.62. The Morgan fingerprint density at radius 2 is 0.411 bits per heavy atom. The molecule has 0 saturated carbocycles. The third kappa shape index (κ3) is 7.75. The number of thiophene rings is 4. The van der Waals surface area contributed by atoms with Crippen LogP contribution >= 0.6 is 45.3 Å². The monoisotopic (exact) mass is 790 g/mol. The van der Waals surface area contributed by atoms with Crippen molar-refractivity contribution in [1.29, 1.82) is 0 Å². The molecule has 0 nitrogen and oxygen atoms in total. The zero-order chi connectivity index (χ0) is 37.8. The maximum Gasteiger partial charge on any atom is 0.0349 e. The highest BCUT2D eigenvalue weighted by Crippen LogP contribution is 2.41. The third-order valence-electron chi connectivity index (χ3n) is 10.0. The van der Waals surface area contributed by atoms with Gasteiger partial charge in [0.2, 0.25) is 0 Å². The molecule has 0 aliphatic heterocycles. The standard InChI is InChI=1S/C52H38S4/c1-3-5-35-7-11-37(12-8-35)45-27-29-47(53-45)39-15-19-41(20-16-39)49-31-33-51(55-49)43-23-25-44(26-24-43)52-34-32-50(56-52)42-21-17-40(18-22-42)48-30-28-46(54-48)38-13-9-36(6-4-2)10-14-38/h3-4,7-34H,1-2,5-6H2. The summed E-state index contributed by atoms with van der Waals surface area (Å²) in [6, 6.07) is 62.6. The molecule has 0 atom stereocenters. The molecule has 270 valence electrons. The fraction of sp³-hybridized carbons (Fsp3) is 0.0385. The average Bonchev–Trinajstić information content (AvgIpc) is 4.10. The van der Waals surface area contributed by atoms with E-state index in [1.807, 2.05) is 57.5 Å². The largest absolute Gasteiger partial charge is 0.135 e. The first-order valence-corrected chi connectivity index (χ1v) is 22.0. The van der Waals surface area contributed by atoms with E-state index in [-0.39, 0.29) is 0 Å². The highest BCUT2D eigenvalue weighted by atomic mass is 32.1. The Labute approximate surface area is 345 Å². The molecule has 0 aliphatic carbocycles. The Morgan fingerprint density at radius 3 is 0.571 bits per heavy atom. The van der Waals surface area contributed by atoms with Gasteiger partial charge in [-0.2, -0.15) is 0 Å². The fourth-order valence-corrected chi connectivity index (χ4v) is 11.0. The molecule has 4 heterocycles. The van der Waals surface area contributed by atoms with Gasteiger partial charge in [0.1, 0.15) is 0 Å². The maximum atomic E-state index is 3.85. The SMILES string of the molecule is C=CCc1ccc(-c2ccc(-c3ccc(-c4ccc(-c5ccc(-c6ccc(-c7ccc(-c8ccc(-c9ccc(CC=C)cc9)s8)cc7)s6)cc5)s4)cc3)s2)cc1. The van der Waals surface area contributed by atoms with Crippen LogP contribution in [0.25, 0.3) is 83.5 Å². The summed E-state index contributed by atoms with van der Waals surface area (Å²) in [7, 11) is 0. The molecule has 0 spiro atoms. The molecule has 9 aromatic rings. The van der Waals surface area contributed by atoms with Crippen molar-refractivity contribution in [2.24, 2.45) is 0 Å². The minimum Gasteiger partial charge on any atom is -0.135 e. The molecule has 0 bridgehead atoms. The number of allylic oxidation sites excluding steroid dienone is 2. The predicted molar refractivity (Wildman–Crippen MR) is 249 cm³/mol. The van der Waals surface area contributed by atoms with Crippen molar-refractivity contribution in [2.45, 2.75) is 12.8 Å². The Balaban J connectivity index is 0.838. The molecule has 5 aromatic carbocycles. The Bertz CT molecular complexity index is 2540. The number of benzene rings is 5. The fourth-order valence-electron chi connectivity index (χ4n) is 6.93. The van der Waals surface area contributed by atoms with E-state index in [1.54, 1.807) is 0 Å². The Kier molecular flexibility index (Phi) is 10.4. The molecular weight excluding hydrogens is 753 g/mol. The molecule has 0 fully saturated rings. The van der Waals surface area contributed by atoms with Gasteiger partial charge in [-0.15, -0.1) is 58.5 Å². The Morgan fingerprint density at radius 1 is 0.250 bits per heavy atom. The van der Waals surface area contributed by atoms with Crippen molar-refractivity contribution in [3.63, 3.8) is 0 Å². The normalized spacial score (nSPS) is 11.1. The highest BCUT2D eigenvalue weighted by molar-refractivity contribution is 7.20. The second-order valence-electron chi connectivity index (χ2n) is 13.8. The van der Waals surface area contributed by atoms with Gasteiger partial charge in [0, 0.05) is 39.0 Å². The zero-order valence-corrected chi connectivity index (χ0v) is 34.0. The molecule has 0 aliphatic rings. The van der Waals surface area contributed by atoms with Crippen molar-refractivity contribution < 1.29 is 0 Å². The molecule has 4 heteroatoms. The minimum atomic E-state index is 0.903. The summed E-state index contributed by atoms with van der Waals surface area (Å²) in [6.45, 7) is 7.70. The average molecular weight is 791 g/mol. The highest BCUT2D eigenvalue weighted by Gasteiger charge is 2.11. The lowest BCUT2D eigenvalue weighted by Gasteiger charge is -2.03. The summed E-state index contributed by atoms with van der Waals surface area (Å²) in [5.74, 6) is 0. The molecule has 9 rings (SSSR count). The summed E-state index contributed by atoms with van der Waals surface area (Å²) >= 11 is 7.38. The first-order valence-electron chi connectivity index (χ1n) is 18.7. The topological polar surface area (TPSA) is 0 Å². The second kappa shape index (κ2) is 16.2. The summed E-state index contributed by atoms with van der Waals surface area (Å²) in [5, 5.41) is 0. The van der Waals surface area contributed by atoms with Gasteiger partial charge in [0.15, 0.2) is 0 Å². The van der Waals surface area contributed by atoms with Crippen molar-refractivity contribution in [3.8, 4) is 83.5 Å². The van der Waals surface area contributed by atoms with Gasteiger partial charge in [-0.3, -0.25) is 0 Å². The summed E-state index contributed by atoms with van der Waals surface area (Å²) in [5.41, 5.74) is 12.6. The summed E-state index contributed by atoms with van der Waals surface area (Å²) < 4.78 is 0. The van der Waals surface area contributed by atoms with E-state index in [1.165, 1.54) is 94.7 Å². The maximum absolute atomic E-state index is 3.85. The number of hydrogen-bond acceptors (Lipinski definition) is 4. The van der Waals surface area contributed by atoms with E-state index < -0.39 is 0 Å². The van der Waals surface area contributed by atoms with Crippen LogP contribution in [0.3, 0.4) is 0 Å². The first-order chi connectivity index (χ1) is 27.6. The molecule has 0 unspecified atom stereocenters. The lowest BCUT2D eigenvalue weighted by Crippen LogP contribution is -1.79. The smallest absolute Gasteiger partial charge is 0.0349 e. The van der Waals surface area contributed by atoms with Crippen molar-refractivity contribution in [1.82, 2.24) is 0 Å². The number of hydrogen-bond donors (Lipinski definition) is 0. The van der Waals surface area contributed by atoms with Crippen LogP contribution in [0.4, 0.5) is 0 Å². The van der Waals surface area contributed by atoms with Crippen molar-refractivity contribution in [2.75, 3.05) is 0 Å². The van der Waals surface area contributed by atoms with Crippen LogP contribution in [0.1, 0.15) is 11.1 Å². The lowest BCUT2D eigenvalue weighted by molar-refractivity contribution is 1.28. The van der Waals surface area contributed by atoms with Gasteiger partial charge in [0.05, 0.1) is 0 Å². The molecule has 0 saturated heterocycles. The predicted octanol–water partition coefficient (Wildman–Crippen LogP) is 16.7. The van der Waals surface area contributed by atoms with Crippen LogP contribution < -0.4 is 0 Å². The van der Waals surface area contributed by atoms with E-state index >= 15 is 0 Å². The van der Waals surface area contributed by atoms with Crippen LogP contribution in [0, 0.1) is 0 Å². The molecule has 0 N–H and O–H groups in total. The van der Waals surface area contributed by atoms with Crippen LogP contribution in [-0.4, -0.2) is 0 Å². The molecule has 0 radical (unpaired) electrons. The lowest BCUT2D eigenvalue weighted by atomic mass is 10.1. The van der Waals surface area contributed by atoms with E-state index in [0.717, 1.165) is 12.8 Å². The quantitative estimate of drug-likeness (QED) is 0.108. The van der Waals surface area contributed by atoms with E-state index in [0.29, 0.717) is 0 Å². The third-order valence-corrected chi connectivity index (χ3v) is 14.8. The second-order valence-corrected chi connectivity index (χ2v) is 18.1. The van der Waals surface area contributed by atoms with Gasteiger partial charge in [-0.25, -0.2) is 0 Å². The van der Waals surface area contributed by atoms with Gasteiger partial charge in [-0.1, -0.05) is 133 Å². The van der Waals surface area contributed by atoms with Crippen LogP contribution in [0.5, 0.6) is 0 Å². The first kappa shape index (κ1) is 36.0. The van der Waals surface area contributed by atoms with Crippen molar-refractivity contribution in [3.05, 3.63) is 206 Å². The molecule has 4 aromatic heterocycles. The molecular formula is C52H38S4. The summed E-state index contributed by atoms with van der Waals surface area (Å²) in [6.07, 6.45) is 5.71. The van der Waals surface area contributed by atoms with Gasteiger partial charge >= 0.3 is 0 Å². The van der Waals surface area contributed by atoms with Crippen LogP contribution in [-0.2, 0) is 12.8 Å². The number of rotatable bonds is 12.